The van der Waals surface area contributed by atoms with E-state index >= 15 is 0 Å². The summed E-state index contributed by atoms with van der Waals surface area (Å²) in [7, 11) is 1.62. The molecule has 0 bridgehead atoms. The highest BCUT2D eigenvalue weighted by molar-refractivity contribution is 5.75. The van der Waals surface area contributed by atoms with Crippen LogP contribution in [-0.2, 0) is 9.53 Å². The van der Waals surface area contributed by atoms with Crippen LogP contribution in [0.3, 0.4) is 0 Å². The summed E-state index contributed by atoms with van der Waals surface area (Å²) in [5.41, 5.74) is 0. The Hall–Kier alpha value is -0.610. The normalized spacial score (nSPS) is 16.5. The molecule has 4 nitrogen and oxygen atoms in total. The lowest BCUT2D eigenvalue weighted by molar-refractivity contribution is -0.121. The number of hydrogen-bond donors (Lipinski definition) is 1. The summed E-state index contributed by atoms with van der Waals surface area (Å²) >= 11 is 0. The van der Waals surface area contributed by atoms with Gasteiger partial charge in [0.05, 0.1) is 6.61 Å². The molecule has 0 unspecified atom stereocenters. The Balaban J connectivity index is 1.81. The highest BCUT2D eigenvalue weighted by atomic mass is 16.5. The smallest absolute Gasteiger partial charge is 0.222 e. The SMILES string of the molecule is COCCC(=O)NCCCCCCN1CCCCC1. The first-order valence-electron chi connectivity index (χ1n) is 7.81. The van der Waals surface area contributed by atoms with Crippen molar-refractivity contribution in [2.45, 2.75) is 51.4 Å². The first-order valence-corrected chi connectivity index (χ1v) is 7.81. The van der Waals surface area contributed by atoms with Crippen LogP contribution in [-0.4, -0.2) is 50.7 Å². The second-order valence-electron chi connectivity index (χ2n) is 5.41. The Morgan fingerprint density at radius 2 is 1.84 bits per heavy atom. The molecule has 0 aromatic heterocycles. The molecular formula is C15H30N2O2. The van der Waals surface area contributed by atoms with E-state index in [2.05, 4.69) is 10.2 Å². The third-order valence-corrected chi connectivity index (χ3v) is 3.71. The molecule has 0 saturated carbocycles. The molecule has 1 aliphatic heterocycles. The average Bonchev–Trinajstić information content (AvgIpc) is 2.45. The number of hydrogen-bond acceptors (Lipinski definition) is 3. The summed E-state index contributed by atoms with van der Waals surface area (Å²) in [5, 5.41) is 2.93. The highest BCUT2D eigenvalue weighted by Gasteiger charge is 2.08. The maximum Gasteiger partial charge on any atom is 0.222 e. The molecule has 1 N–H and O–H groups in total. The molecule has 0 atom stereocenters. The van der Waals surface area contributed by atoms with Gasteiger partial charge in [0.15, 0.2) is 0 Å². The van der Waals surface area contributed by atoms with Gasteiger partial charge in [-0.25, -0.2) is 0 Å². The topological polar surface area (TPSA) is 41.6 Å². The average molecular weight is 270 g/mol. The number of ether oxygens (including phenoxy) is 1. The largest absolute Gasteiger partial charge is 0.384 e. The molecule has 1 amide bonds. The lowest BCUT2D eigenvalue weighted by atomic mass is 10.1. The van der Waals surface area contributed by atoms with Crippen LogP contribution in [0.25, 0.3) is 0 Å². The van der Waals surface area contributed by atoms with Crippen molar-refractivity contribution in [2.24, 2.45) is 0 Å². The standard InChI is InChI=1S/C15H30N2O2/c1-19-14-9-15(18)16-10-5-2-3-6-11-17-12-7-4-8-13-17/h2-14H2,1H3,(H,16,18). The second-order valence-corrected chi connectivity index (χ2v) is 5.41. The van der Waals surface area contributed by atoms with Gasteiger partial charge in [0, 0.05) is 20.1 Å². The molecule has 1 heterocycles. The summed E-state index contributed by atoms with van der Waals surface area (Å²) < 4.78 is 4.86. The number of rotatable bonds is 10. The van der Waals surface area contributed by atoms with E-state index in [1.54, 1.807) is 7.11 Å². The van der Waals surface area contributed by atoms with Crippen molar-refractivity contribution < 1.29 is 9.53 Å². The quantitative estimate of drug-likeness (QED) is 0.619. The van der Waals surface area contributed by atoms with Crippen molar-refractivity contribution in [3.8, 4) is 0 Å². The van der Waals surface area contributed by atoms with Crippen LogP contribution in [0.1, 0.15) is 51.4 Å². The van der Waals surface area contributed by atoms with Crippen molar-refractivity contribution >= 4 is 5.91 Å². The molecule has 1 rings (SSSR count). The minimum Gasteiger partial charge on any atom is -0.384 e. The summed E-state index contributed by atoms with van der Waals surface area (Å²) in [6.07, 6.45) is 9.56. The number of carbonyl (C=O) groups is 1. The lowest BCUT2D eigenvalue weighted by Gasteiger charge is -2.26. The minimum absolute atomic E-state index is 0.107. The van der Waals surface area contributed by atoms with Gasteiger partial charge in [-0.2, -0.15) is 0 Å². The zero-order valence-electron chi connectivity index (χ0n) is 12.5. The monoisotopic (exact) mass is 270 g/mol. The van der Waals surface area contributed by atoms with E-state index in [1.165, 1.54) is 58.2 Å². The first kappa shape index (κ1) is 16.4. The van der Waals surface area contributed by atoms with E-state index in [1.807, 2.05) is 0 Å². The third-order valence-electron chi connectivity index (χ3n) is 3.71. The molecule has 19 heavy (non-hydrogen) atoms. The fourth-order valence-corrected chi connectivity index (χ4v) is 2.51. The fourth-order valence-electron chi connectivity index (χ4n) is 2.51. The Morgan fingerprint density at radius 1 is 1.11 bits per heavy atom. The van der Waals surface area contributed by atoms with Gasteiger partial charge in [0.1, 0.15) is 0 Å². The highest BCUT2D eigenvalue weighted by Crippen LogP contribution is 2.10. The summed E-state index contributed by atoms with van der Waals surface area (Å²) in [4.78, 5) is 13.9. The number of amides is 1. The molecule has 0 aliphatic carbocycles. The molecule has 1 saturated heterocycles. The van der Waals surface area contributed by atoms with E-state index in [9.17, 15) is 4.79 Å². The molecule has 0 aromatic carbocycles. The van der Waals surface area contributed by atoms with Crippen molar-refractivity contribution in [2.75, 3.05) is 39.9 Å². The van der Waals surface area contributed by atoms with Crippen LogP contribution in [0.4, 0.5) is 0 Å². The van der Waals surface area contributed by atoms with Gasteiger partial charge in [-0.05, 0) is 45.3 Å². The molecule has 4 heteroatoms. The molecule has 1 fully saturated rings. The number of nitrogens with zero attached hydrogens (tertiary/aromatic N) is 1. The number of nitrogens with one attached hydrogen (secondary N) is 1. The van der Waals surface area contributed by atoms with Gasteiger partial charge in [0.2, 0.25) is 5.91 Å². The zero-order valence-corrected chi connectivity index (χ0v) is 12.5. The van der Waals surface area contributed by atoms with Crippen LogP contribution in [0.2, 0.25) is 0 Å². The predicted octanol–water partition coefficient (Wildman–Crippen LogP) is 2.19. The molecule has 0 spiro atoms. The van der Waals surface area contributed by atoms with Gasteiger partial charge >= 0.3 is 0 Å². The summed E-state index contributed by atoms with van der Waals surface area (Å²) in [6, 6.07) is 0. The van der Waals surface area contributed by atoms with Crippen molar-refractivity contribution in [1.29, 1.82) is 0 Å². The van der Waals surface area contributed by atoms with E-state index in [0.717, 1.165) is 13.0 Å². The number of likely N-dealkylation sites (tertiary alicyclic amines) is 1. The fraction of sp³-hybridized carbons (Fsp3) is 0.933. The first-order chi connectivity index (χ1) is 9.33. The van der Waals surface area contributed by atoms with Crippen LogP contribution in [0.15, 0.2) is 0 Å². The molecular weight excluding hydrogens is 240 g/mol. The van der Waals surface area contributed by atoms with Crippen molar-refractivity contribution in [1.82, 2.24) is 10.2 Å². The molecule has 0 radical (unpaired) electrons. The Morgan fingerprint density at radius 3 is 2.58 bits per heavy atom. The summed E-state index contributed by atoms with van der Waals surface area (Å²) in [5.74, 6) is 0.107. The van der Waals surface area contributed by atoms with Crippen LogP contribution in [0, 0.1) is 0 Å². The summed E-state index contributed by atoms with van der Waals surface area (Å²) in [6.45, 7) is 5.19. The number of methoxy groups -OCH3 is 1. The van der Waals surface area contributed by atoms with E-state index in [-0.39, 0.29) is 5.91 Å². The van der Waals surface area contributed by atoms with Gasteiger partial charge in [-0.15, -0.1) is 0 Å². The van der Waals surface area contributed by atoms with Crippen LogP contribution in [0.5, 0.6) is 0 Å². The predicted molar refractivity (Wildman–Crippen MR) is 78.3 cm³/mol. The van der Waals surface area contributed by atoms with E-state index in [0.29, 0.717) is 13.0 Å². The third kappa shape index (κ3) is 9.00. The molecule has 0 aromatic rings. The minimum atomic E-state index is 0.107. The lowest BCUT2D eigenvalue weighted by Crippen LogP contribution is -2.30. The van der Waals surface area contributed by atoms with Gasteiger partial charge in [0.25, 0.3) is 0 Å². The van der Waals surface area contributed by atoms with Gasteiger partial charge in [-0.3, -0.25) is 4.79 Å². The van der Waals surface area contributed by atoms with Crippen molar-refractivity contribution in [3.05, 3.63) is 0 Å². The van der Waals surface area contributed by atoms with Crippen molar-refractivity contribution in [3.63, 3.8) is 0 Å². The number of unbranched alkanes of at least 4 members (excludes halogenated alkanes) is 3. The molecule has 112 valence electrons. The maximum absolute atomic E-state index is 11.3. The van der Waals surface area contributed by atoms with Gasteiger partial charge < -0.3 is 15.0 Å². The van der Waals surface area contributed by atoms with Gasteiger partial charge in [-0.1, -0.05) is 19.3 Å². The zero-order chi connectivity index (χ0) is 13.8. The number of carbonyl (C=O) groups excluding carboxylic acids is 1. The van der Waals surface area contributed by atoms with Crippen LogP contribution < -0.4 is 5.32 Å². The Kier molecular flexibility index (Phi) is 9.72. The Bertz CT molecular complexity index is 228. The van der Waals surface area contributed by atoms with E-state index < -0.39 is 0 Å². The van der Waals surface area contributed by atoms with E-state index in [4.69, 9.17) is 4.74 Å². The molecule has 1 aliphatic rings. The maximum atomic E-state index is 11.3. The second kappa shape index (κ2) is 11.2. The number of piperidine rings is 1. The van der Waals surface area contributed by atoms with Crippen LogP contribution >= 0.6 is 0 Å². The Labute approximate surface area is 117 Å².